The molecule has 0 aliphatic carbocycles. The molecular formula is C11H10F3NO3. The molecule has 1 N–H and O–H groups in total. The van der Waals surface area contributed by atoms with Crippen LogP contribution in [0.2, 0.25) is 0 Å². The molecule has 1 fully saturated rings. The molecule has 1 aliphatic heterocycles. The number of hydrogen-bond acceptors (Lipinski definition) is 3. The standard InChI is InChI=1S/C11H10F3NO3/c12-7-3-8(11(14)6(4-16)10(7)13)15-1-2-18-5-9(15)17/h3,16H,1-2,4-5H2. The van der Waals surface area contributed by atoms with Crippen molar-refractivity contribution in [2.24, 2.45) is 0 Å². The van der Waals surface area contributed by atoms with E-state index in [9.17, 15) is 18.0 Å². The van der Waals surface area contributed by atoms with Gasteiger partial charge in [-0.25, -0.2) is 13.2 Å². The Balaban J connectivity index is 2.50. The van der Waals surface area contributed by atoms with Crippen molar-refractivity contribution in [1.82, 2.24) is 0 Å². The van der Waals surface area contributed by atoms with Crippen molar-refractivity contribution >= 4 is 11.6 Å². The summed E-state index contributed by atoms with van der Waals surface area (Å²) in [6.07, 6.45) is 0. The Hall–Kier alpha value is -1.60. The van der Waals surface area contributed by atoms with Gasteiger partial charge in [-0.2, -0.15) is 0 Å². The number of benzene rings is 1. The number of hydrogen-bond donors (Lipinski definition) is 1. The van der Waals surface area contributed by atoms with Crippen LogP contribution in [-0.4, -0.2) is 30.8 Å². The van der Waals surface area contributed by atoms with Crippen molar-refractivity contribution in [2.75, 3.05) is 24.7 Å². The molecule has 0 bridgehead atoms. The molecule has 0 aromatic heterocycles. The van der Waals surface area contributed by atoms with Crippen LogP contribution >= 0.6 is 0 Å². The number of aliphatic hydroxyl groups excluding tert-OH is 1. The van der Waals surface area contributed by atoms with Crippen LogP contribution in [0.5, 0.6) is 0 Å². The van der Waals surface area contributed by atoms with Gasteiger partial charge in [0, 0.05) is 12.6 Å². The number of morpholine rings is 1. The summed E-state index contributed by atoms with van der Waals surface area (Å²) in [7, 11) is 0. The van der Waals surface area contributed by atoms with E-state index in [0.29, 0.717) is 6.07 Å². The van der Waals surface area contributed by atoms with Gasteiger partial charge in [0.05, 0.1) is 24.5 Å². The lowest BCUT2D eigenvalue weighted by Gasteiger charge is -2.27. The molecule has 1 heterocycles. The minimum absolute atomic E-state index is 0.0473. The molecular weight excluding hydrogens is 251 g/mol. The Morgan fingerprint density at radius 1 is 1.33 bits per heavy atom. The number of anilines is 1. The van der Waals surface area contributed by atoms with Gasteiger partial charge in [-0.05, 0) is 0 Å². The number of carbonyl (C=O) groups is 1. The fourth-order valence-corrected chi connectivity index (χ4v) is 1.75. The summed E-state index contributed by atoms with van der Waals surface area (Å²) < 4.78 is 45.2. The lowest BCUT2D eigenvalue weighted by atomic mass is 10.1. The Labute approximate surface area is 101 Å². The van der Waals surface area contributed by atoms with Gasteiger partial charge in [0.2, 0.25) is 0 Å². The molecule has 0 atom stereocenters. The topological polar surface area (TPSA) is 49.8 Å². The highest BCUT2D eigenvalue weighted by molar-refractivity contribution is 5.95. The highest BCUT2D eigenvalue weighted by Crippen LogP contribution is 2.28. The second kappa shape index (κ2) is 4.95. The summed E-state index contributed by atoms with van der Waals surface area (Å²) in [5, 5.41) is 8.84. The Morgan fingerprint density at radius 2 is 2.06 bits per heavy atom. The second-order valence-corrected chi connectivity index (χ2v) is 3.74. The van der Waals surface area contributed by atoms with Crippen molar-refractivity contribution in [3.63, 3.8) is 0 Å². The fraction of sp³-hybridized carbons (Fsp3) is 0.364. The zero-order valence-electron chi connectivity index (χ0n) is 9.25. The van der Waals surface area contributed by atoms with Crippen LogP contribution in [-0.2, 0) is 16.1 Å². The van der Waals surface area contributed by atoms with Crippen LogP contribution in [0.4, 0.5) is 18.9 Å². The SMILES string of the molecule is O=C1COCCN1c1cc(F)c(F)c(CO)c1F. The average Bonchev–Trinajstić information content (AvgIpc) is 2.36. The smallest absolute Gasteiger partial charge is 0.253 e. The number of ether oxygens (including phenoxy) is 1. The molecule has 1 aromatic rings. The molecule has 1 aromatic carbocycles. The summed E-state index contributed by atoms with van der Waals surface area (Å²) in [4.78, 5) is 12.5. The maximum atomic E-state index is 13.9. The van der Waals surface area contributed by atoms with Crippen LogP contribution < -0.4 is 4.90 Å². The van der Waals surface area contributed by atoms with Gasteiger partial charge in [0.25, 0.3) is 5.91 Å². The monoisotopic (exact) mass is 261 g/mol. The molecule has 4 nitrogen and oxygen atoms in total. The third-order valence-electron chi connectivity index (χ3n) is 2.66. The van der Waals surface area contributed by atoms with E-state index < -0.39 is 35.5 Å². The molecule has 1 amide bonds. The van der Waals surface area contributed by atoms with E-state index in [0.717, 1.165) is 4.90 Å². The van der Waals surface area contributed by atoms with Crippen LogP contribution in [0.1, 0.15) is 5.56 Å². The third kappa shape index (κ3) is 2.06. The summed E-state index contributed by atoms with van der Waals surface area (Å²) in [5.41, 5.74) is -1.17. The van der Waals surface area contributed by atoms with Gasteiger partial charge in [0.15, 0.2) is 17.5 Å². The molecule has 18 heavy (non-hydrogen) atoms. The van der Waals surface area contributed by atoms with Crippen molar-refractivity contribution in [2.45, 2.75) is 6.61 Å². The number of aliphatic hydroxyl groups is 1. The molecule has 0 saturated carbocycles. The van der Waals surface area contributed by atoms with Crippen molar-refractivity contribution < 1.29 is 27.8 Å². The van der Waals surface area contributed by atoms with Gasteiger partial charge in [0.1, 0.15) is 6.61 Å². The second-order valence-electron chi connectivity index (χ2n) is 3.74. The van der Waals surface area contributed by atoms with E-state index in [4.69, 9.17) is 9.84 Å². The van der Waals surface area contributed by atoms with Crippen molar-refractivity contribution in [1.29, 1.82) is 0 Å². The Morgan fingerprint density at radius 3 is 2.67 bits per heavy atom. The van der Waals surface area contributed by atoms with Crippen LogP contribution in [0.3, 0.4) is 0 Å². The largest absolute Gasteiger partial charge is 0.391 e. The normalized spacial score (nSPS) is 16.2. The Bertz CT molecular complexity index is 493. The average molecular weight is 261 g/mol. The van der Waals surface area contributed by atoms with E-state index >= 15 is 0 Å². The molecule has 0 unspecified atom stereocenters. The molecule has 0 spiro atoms. The van der Waals surface area contributed by atoms with E-state index in [-0.39, 0.29) is 25.4 Å². The summed E-state index contributed by atoms with van der Waals surface area (Å²) in [5.74, 6) is -4.43. The first-order valence-electron chi connectivity index (χ1n) is 5.21. The molecule has 0 radical (unpaired) electrons. The van der Waals surface area contributed by atoms with E-state index in [1.807, 2.05) is 0 Å². The van der Waals surface area contributed by atoms with Crippen LogP contribution in [0.25, 0.3) is 0 Å². The molecule has 2 rings (SSSR count). The zero-order valence-corrected chi connectivity index (χ0v) is 9.25. The number of rotatable bonds is 2. The zero-order chi connectivity index (χ0) is 13.3. The highest BCUT2D eigenvalue weighted by atomic mass is 19.2. The quantitative estimate of drug-likeness (QED) is 0.807. The van der Waals surface area contributed by atoms with Gasteiger partial charge in [-0.3, -0.25) is 4.79 Å². The van der Waals surface area contributed by atoms with Crippen molar-refractivity contribution in [3.05, 3.63) is 29.1 Å². The van der Waals surface area contributed by atoms with E-state index in [1.54, 1.807) is 0 Å². The fourth-order valence-electron chi connectivity index (χ4n) is 1.75. The predicted molar refractivity (Wildman–Crippen MR) is 55.4 cm³/mol. The summed E-state index contributed by atoms with van der Waals surface area (Å²) in [6.45, 7) is -1.00. The number of halogens is 3. The van der Waals surface area contributed by atoms with Gasteiger partial charge in [-0.15, -0.1) is 0 Å². The highest BCUT2D eigenvalue weighted by Gasteiger charge is 2.27. The minimum atomic E-state index is -1.44. The lowest BCUT2D eigenvalue weighted by molar-refractivity contribution is -0.125. The van der Waals surface area contributed by atoms with Gasteiger partial charge < -0.3 is 14.7 Å². The van der Waals surface area contributed by atoms with Crippen LogP contribution in [0.15, 0.2) is 6.07 Å². The molecule has 1 aliphatic rings. The summed E-state index contributed by atoms with van der Waals surface area (Å²) in [6, 6.07) is 0.604. The lowest BCUT2D eigenvalue weighted by Crippen LogP contribution is -2.42. The molecule has 98 valence electrons. The predicted octanol–water partition coefficient (Wildman–Crippen LogP) is 0.959. The van der Waals surface area contributed by atoms with E-state index in [1.165, 1.54) is 0 Å². The van der Waals surface area contributed by atoms with E-state index in [2.05, 4.69) is 0 Å². The number of carbonyl (C=O) groups excluding carboxylic acids is 1. The van der Waals surface area contributed by atoms with Crippen LogP contribution in [0, 0.1) is 17.5 Å². The minimum Gasteiger partial charge on any atom is -0.391 e. The number of nitrogens with zero attached hydrogens (tertiary/aromatic N) is 1. The van der Waals surface area contributed by atoms with Gasteiger partial charge >= 0.3 is 0 Å². The first-order chi connectivity index (χ1) is 8.56. The first kappa shape index (κ1) is 12.8. The third-order valence-corrected chi connectivity index (χ3v) is 2.66. The number of amides is 1. The maximum absolute atomic E-state index is 13.9. The van der Waals surface area contributed by atoms with Crippen molar-refractivity contribution in [3.8, 4) is 0 Å². The molecule has 1 saturated heterocycles. The summed E-state index contributed by atoms with van der Waals surface area (Å²) >= 11 is 0. The molecule has 7 heteroatoms. The maximum Gasteiger partial charge on any atom is 0.253 e. The van der Waals surface area contributed by atoms with Gasteiger partial charge in [-0.1, -0.05) is 0 Å². The Kier molecular flexibility index (Phi) is 3.53. The first-order valence-corrected chi connectivity index (χ1v) is 5.21.